The van der Waals surface area contributed by atoms with Gasteiger partial charge in [-0.3, -0.25) is 14.3 Å². The summed E-state index contributed by atoms with van der Waals surface area (Å²) in [6, 6.07) is 19.2. The van der Waals surface area contributed by atoms with E-state index in [9.17, 15) is 18.0 Å². The van der Waals surface area contributed by atoms with E-state index in [0.717, 1.165) is 17.0 Å². The number of amides is 1. The van der Waals surface area contributed by atoms with Gasteiger partial charge in [-0.05, 0) is 53.9 Å². The quantitative estimate of drug-likeness (QED) is 0.346. The Labute approximate surface area is 233 Å². The van der Waals surface area contributed by atoms with Crippen molar-refractivity contribution in [2.45, 2.75) is 24.7 Å². The lowest BCUT2D eigenvalue weighted by molar-refractivity contribution is 0.0745. The summed E-state index contributed by atoms with van der Waals surface area (Å²) in [7, 11) is -2.33. The van der Waals surface area contributed by atoms with Gasteiger partial charge in [0.15, 0.2) is 0 Å². The number of fused-ring (bicyclic) bond motifs is 1. The first-order valence-electron chi connectivity index (χ1n) is 13.1. The zero-order valence-electron chi connectivity index (χ0n) is 22.7. The van der Waals surface area contributed by atoms with Crippen LogP contribution in [0.1, 0.15) is 35.7 Å². The van der Waals surface area contributed by atoms with Gasteiger partial charge in [-0.1, -0.05) is 38.1 Å². The zero-order chi connectivity index (χ0) is 28.4. The zero-order valence-corrected chi connectivity index (χ0v) is 23.5. The maximum absolute atomic E-state index is 13.4. The predicted molar refractivity (Wildman–Crippen MR) is 157 cm³/mol. The Bertz CT molecular complexity index is 1710. The van der Waals surface area contributed by atoms with Crippen molar-refractivity contribution in [3.8, 4) is 5.75 Å². The molecule has 0 aliphatic carbocycles. The molecule has 0 spiro atoms. The van der Waals surface area contributed by atoms with Gasteiger partial charge >= 0.3 is 0 Å². The number of aromatic nitrogens is 1. The van der Waals surface area contributed by atoms with Crippen LogP contribution in [0.3, 0.4) is 0 Å². The Morgan fingerprint density at radius 1 is 0.975 bits per heavy atom. The lowest BCUT2D eigenvalue weighted by Gasteiger charge is -2.36. The maximum Gasteiger partial charge on any atom is 0.261 e. The molecule has 1 fully saturated rings. The van der Waals surface area contributed by atoms with Gasteiger partial charge in [-0.2, -0.15) is 0 Å². The van der Waals surface area contributed by atoms with Crippen LogP contribution in [0.15, 0.2) is 82.6 Å². The van der Waals surface area contributed by atoms with Crippen LogP contribution in [0, 0.1) is 0 Å². The molecule has 3 aromatic carbocycles. The van der Waals surface area contributed by atoms with Gasteiger partial charge in [-0.15, -0.1) is 0 Å². The second-order valence-corrected chi connectivity index (χ2v) is 11.8. The fourth-order valence-electron chi connectivity index (χ4n) is 4.89. The molecule has 4 aromatic rings. The summed E-state index contributed by atoms with van der Waals surface area (Å²) < 4.78 is 34.3. The number of ether oxygens (including phenoxy) is 1. The first kappa shape index (κ1) is 27.3. The standard InChI is InChI=1S/C30H32N4O5S/c1-20(2)21-8-10-22(11-9-21)32-40(37,38)23-12-13-26-24(18-23)29(35)25(19-31-26)30(36)34-16-14-33(15-17-34)27-6-4-5-7-28(27)39-3/h4-13,18-20,32H,14-17H2,1-3H3,(H,31,35). The number of sulfonamides is 1. The highest BCUT2D eigenvalue weighted by molar-refractivity contribution is 7.92. The van der Waals surface area contributed by atoms with Crippen molar-refractivity contribution in [2.24, 2.45) is 0 Å². The molecule has 0 bridgehead atoms. The van der Waals surface area contributed by atoms with Crippen LogP contribution < -0.4 is 19.8 Å². The number of hydrogen-bond acceptors (Lipinski definition) is 6. The lowest BCUT2D eigenvalue weighted by atomic mass is 10.0. The molecule has 9 nitrogen and oxygen atoms in total. The molecule has 2 heterocycles. The van der Waals surface area contributed by atoms with Crippen molar-refractivity contribution in [1.82, 2.24) is 9.88 Å². The lowest BCUT2D eigenvalue weighted by Crippen LogP contribution is -2.49. The third-order valence-corrected chi connectivity index (χ3v) is 8.59. The first-order chi connectivity index (χ1) is 19.2. The molecule has 1 aliphatic heterocycles. The predicted octanol–water partition coefficient (Wildman–Crippen LogP) is 4.42. The van der Waals surface area contributed by atoms with E-state index in [4.69, 9.17) is 4.74 Å². The number of hydrogen-bond donors (Lipinski definition) is 2. The largest absolute Gasteiger partial charge is 0.495 e. The minimum atomic E-state index is -3.96. The number of H-pyrrole nitrogens is 1. The second-order valence-electron chi connectivity index (χ2n) is 10.1. The van der Waals surface area contributed by atoms with Crippen molar-refractivity contribution < 1.29 is 17.9 Å². The molecule has 1 amide bonds. The van der Waals surface area contributed by atoms with Crippen LogP contribution in [0.4, 0.5) is 11.4 Å². The number of rotatable bonds is 7. The van der Waals surface area contributed by atoms with Gasteiger partial charge < -0.3 is 19.5 Å². The van der Waals surface area contributed by atoms with Crippen LogP contribution in [0.2, 0.25) is 0 Å². The summed E-state index contributed by atoms with van der Waals surface area (Å²) in [5.74, 6) is 0.701. The molecule has 10 heteroatoms. The number of para-hydroxylation sites is 2. The molecule has 1 saturated heterocycles. The fourth-order valence-corrected chi connectivity index (χ4v) is 5.97. The van der Waals surface area contributed by atoms with Gasteiger partial charge in [0, 0.05) is 49.0 Å². The van der Waals surface area contributed by atoms with Crippen molar-refractivity contribution in [3.05, 3.63) is 94.3 Å². The number of carbonyl (C=O) groups excluding carboxylic acids is 1. The first-order valence-corrected chi connectivity index (χ1v) is 14.6. The van der Waals surface area contributed by atoms with E-state index in [1.54, 1.807) is 24.1 Å². The summed E-state index contributed by atoms with van der Waals surface area (Å²) in [5, 5.41) is 0.136. The average molecular weight is 561 g/mol. The number of nitrogens with one attached hydrogen (secondary N) is 2. The Balaban J connectivity index is 1.36. The summed E-state index contributed by atoms with van der Waals surface area (Å²) in [6.07, 6.45) is 1.41. The Hall–Kier alpha value is -4.31. The number of methoxy groups -OCH3 is 1. The monoisotopic (exact) mass is 560 g/mol. The van der Waals surface area contributed by atoms with Gasteiger partial charge in [0.1, 0.15) is 11.3 Å². The smallest absolute Gasteiger partial charge is 0.261 e. The molecular formula is C30H32N4O5S. The van der Waals surface area contributed by atoms with Gasteiger partial charge in [0.25, 0.3) is 15.9 Å². The third-order valence-electron chi connectivity index (χ3n) is 7.22. The molecule has 0 unspecified atom stereocenters. The average Bonchev–Trinajstić information content (AvgIpc) is 2.97. The number of pyridine rings is 1. The Morgan fingerprint density at radius 3 is 2.35 bits per heavy atom. The number of piperazine rings is 1. The van der Waals surface area contributed by atoms with E-state index in [1.807, 2.05) is 36.4 Å². The Morgan fingerprint density at radius 2 is 1.68 bits per heavy atom. The highest BCUT2D eigenvalue weighted by Gasteiger charge is 2.26. The molecule has 208 valence electrons. The van der Waals surface area contributed by atoms with Crippen LogP contribution in [-0.2, 0) is 10.0 Å². The topological polar surface area (TPSA) is 112 Å². The van der Waals surface area contributed by atoms with Crippen molar-refractivity contribution >= 4 is 38.2 Å². The number of anilines is 2. The summed E-state index contributed by atoms with van der Waals surface area (Å²) in [4.78, 5) is 33.5. The highest BCUT2D eigenvalue weighted by atomic mass is 32.2. The molecule has 0 atom stereocenters. The minimum Gasteiger partial charge on any atom is -0.495 e. The van der Waals surface area contributed by atoms with Crippen LogP contribution in [0.5, 0.6) is 5.75 Å². The van der Waals surface area contributed by atoms with E-state index in [1.165, 1.54) is 24.4 Å². The van der Waals surface area contributed by atoms with Gasteiger partial charge in [0.05, 0.1) is 17.7 Å². The minimum absolute atomic E-state index is 0.0231. The molecule has 0 radical (unpaired) electrons. The normalized spacial score (nSPS) is 14.0. The third kappa shape index (κ3) is 5.40. The van der Waals surface area contributed by atoms with Gasteiger partial charge in [-0.25, -0.2) is 8.42 Å². The number of aromatic amines is 1. The van der Waals surface area contributed by atoms with Crippen LogP contribution >= 0.6 is 0 Å². The maximum atomic E-state index is 13.4. The Kier molecular flexibility index (Phi) is 7.53. The second kappa shape index (κ2) is 11.1. The van der Waals surface area contributed by atoms with E-state index < -0.39 is 15.5 Å². The SMILES string of the molecule is COc1ccccc1N1CCN(C(=O)c2c[nH]c3ccc(S(=O)(=O)Nc4ccc(C(C)C)cc4)cc3c2=O)CC1. The molecule has 5 rings (SSSR count). The molecule has 1 aromatic heterocycles. The van der Waals surface area contributed by atoms with E-state index in [0.29, 0.717) is 43.3 Å². The number of benzene rings is 3. The molecule has 40 heavy (non-hydrogen) atoms. The van der Waals surface area contributed by atoms with Crippen molar-refractivity contribution in [1.29, 1.82) is 0 Å². The van der Waals surface area contributed by atoms with E-state index >= 15 is 0 Å². The summed E-state index contributed by atoms with van der Waals surface area (Å²) >= 11 is 0. The molecule has 0 saturated carbocycles. The number of nitrogens with zero attached hydrogens (tertiary/aromatic N) is 2. The highest BCUT2D eigenvalue weighted by Crippen LogP contribution is 2.28. The number of carbonyl (C=O) groups is 1. The van der Waals surface area contributed by atoms with E-state index in [-0.39, 0.29) is 21.8 Å². The van der Waals surface area contributed by atoms with Crippen molar-refractivity contribution in [3.63, 3.8) is 0 Å². The summed E-state index contributed by atoms with van der Waals surface area (Å²) in [5.41, 5.74) is 2.39. The van der Waals surface area contributed by atoms with E-state index in [2.05, 4.69) is 28.5 Å². The van der Waals surface area contributed by atoms with Crippen LogP contribution in [-0.4, -0.2) is 57.5 Å². The fraction of sp³-hybridized carbons (Fsp3) is 0.267. The van der Waals surface area contributed by atoms with Crippen LogP contribution in [0.25, 0.3) is 10.9 Å². The van der Waals surface area contributed by atoms with Crippen molar-refractivity contribution in [2.75, 3.05) is 42.9 Å². The summed E-state index contributed by atoms with van der Waals surface area (Å²) in [6.45, 7) is 6.16. The molecule has 1 aliphatic rings. The molecular weight excluding hydrogens is 528 g/mol. The molecule has 2 N–H and O–H groups in total. The van der Waals surface area contributed by atoms with Gasteiger partial charge in [0.2, 0.25) is 5.43 Å².